The van der Waals surface area contributed by atoms with E-state index in [2.05, 4.69) is 5.32 Å². The van der Waals surface area contributed by atoms with Crippen molar-refractivity contribution in [3.63, 3.8) is 0 Å². The molecule has 0 bridgehead atoms. The first-order chi connectivity index (χ1) is 7.16. The summed E-state index contributed by atoms with van der Waals surface area (Å²) in [4.78, 5) is 23.9. The largest absolute Gasteiger partial charge is 0.480 e. The summed E-state index contributed by atoms with van der Waals surface area (Å²) in [7, 11) is 0. The van der Waals surface area contributed by atoms with Crippen LogP contribution in [0.1, 0.15) is 32.6 Å². The summed E-state index contributed by atoms with van der Waals surface area (Å²) >= 11 is 0. The van der Waals surface area contributed by atoms with Gasteiger partial charge in [0.25, 0.3) is 0 Å². The van der Waals surface area contributed by atoms with Crippen LogP contribution in [-0.4, -0.2) is 41.1 Å². The molecule has 1 heterocycles. The van der Waals surface area contributed by atoms with Crippen molar-refractivity contribution in [3.05, 3.63) is 0 Å². The maximum atomic E-state index is 11.5. The van der Waals surface area contributed by atoms with Crippen molar-refractivity contribution in [1.82, 2.24) is 10.2 Å². The molecule has 2 N–H and O–H groups in total. The average Bonchev–Trinajstić information content (AvgIpc) is 2.20. The molecular weight excluding hydrogens is 196 g/mol. The molecule has 1 saturated heterocycles. The number of carbonyl (C=O) groups is 2. The van der Waals surface area contributed by atoms with E-state index in [4.69, 9.17) is 5.11 Å². The van der Waals surface area contributed by atoms with Gasteiger partial charge in [0.05, 0.1) is 0 Å². The molecule has 0 aromatic heterocycles. The minimum Gasteiger partial charge on any atom is -0.480 e. The predicted molar refractivity (Wildman–Crippen MR) is 55.7 cm³/mol. The van der Waals surface area contributed by atoms with E-state index in [9.17, 15) is 9.59 Å². The van der Waals surface area contributed by atoms with Crippen LogP contribution >= 0.6 is 0 Å². The predicted octanol–water partition coefficient (Wildman–Crippen LogP) is 1.05. The van der Waals surface area contributed by atoms with Crippen LogP contribution in [0.25, 0.3) is 0 Å². The molecule has 1 atom stereocenters. The molecule has 0 spiro atoms. The number of nitrogens with zero attached hydrogens (tertiary/aromatic N) is 1. The van der Waals surface area contributed by atoms with Crippen molar-refractivity contribution in [2.75, 3.05) is 13.1 Å². The molecule has 1 unspecified atom stereocenters. The maximum Gasteiger partial charge on any atom is 0.326 e. The van der Waals surface area contributed by atoms with Gasteiger partial charge < -0.3 is 15.3 Å². The minimum absolute atomic E-state index is 0.246. The lowest BCUT2D eigenvalue weighted by atomic mass is 10.1. The highest BCUT2D eigenvalue weighted by Gasteiger charge is 2.30. The van der Waals surface area contributed by atoms with Crippen LogP contribution in [0.15, 0.2) is 0 Å². The second kappa shape index (κ2) is 5.58. The zero-order chi connectivity index (χ0) is 11.3. The fraction of sp³-hybridized carbons (Fsp3) is 0.800. The summed E-state index contributed by atoms with van der Waals surface area (Å²) in [5.74, 6) is -0.902. The maximum absolute atomic E-state index is 11.5. The highest BCUT2D eigenvalue weighted by Crippen LogP contribution is 2.12. The molecule has 86 valence electrons. The van der Waals surface area contributed by atoms with E-state index in [1.54, 1.807) is 0 Å². The van der Waals surface area contributed by atoms with Gasteiger partial charge in [0.15, 0.2) is 0 Å². The van der Waals surface area contributed by atoms with Crippen LogP contribution in [0, 0.1) is 0 Å². The number of nitrogens with one attached hydrogen (secondary N) is 1. The number of hydrogen-bond donors (Lipinski definition) is 2. The summed E-state index contributed by atoms with van der Waals surface area (Å²) in [6, 6.07) is -0.907. The molecule has 1 fully saturated rings. The van der Waals surface area contributed by atoms with Crippen molar-refractivity contribution in [3.8, 4) is 0 Å². The Morgan fingerprint density at radius 2 is 2.40 bits per heavy atom. The first-order valence-electron chi connectivity index (χ1n) is 5.44. The van der Waals surface area contributed by atoms with E-state index in [0.29, 0.717) is 19.5 Å². The lowest BCUT2D eigenvalue weighted by molar-refractivity contribution is -0.142. The van der Waals surface area contributed by atoms with Gasteiger partial charge in [-0.25, -0.2) is 9.59 Å². The SMILES string of the molecule is CCCCC(C(=O)O)N1CCCNC1=O. The fourth-order valence-corrected chi connectivity index (χ4v) is 1.76. The van der Waals surface area contributed by atoms with E-state index in [1.807, 2.05) is 6.92 Å². The van der Waals surface area contributed by atoms with Gasteiger partial charge >= 0.3 is 12.0 Å². The minimum atomic E-state index is -0.902. The monoisotopic (exact) mass is 214 g/mol. The van der Waals surface area contributed by atoms with E-state index in [1.165, 1.54) is 4.90 Å². The fourth-order valence-electron chi connectivity index (χ4n) is 1.76. The molecule has 0 radical (unpaired) electrons. The molecule has 0 aromatic carbocycles. The lowest BCUT2D eigenvalue weighted by Gasteiger charge is -2.32. The topological polar surface area (TPSA) is 69.6 Å². The Bertz CT molecular complexity index is 243. The average molecular weight is 214 g/mol. The van der Waals surface area contributed by atoms with Crippen molar-refractivity contribution in [2.24, 2.45) is 0 Å². The Morgan fingerprint density at radius 3 is 2.93 bits per heavy atom. The third-order valence-corrected chi connectivity index (χ3v) is 2.61. The van der Waals surface area contributed by atoms with Gasteiger partial charge in [0.2, 0.25) is 0 Å². The molecule has 2 amide bonds. The zero-order valence-corrected chi connectivity index (χ0v) is 9.03. The van der Waals surface area contributed by atoms with Crippen LogP contribution < -0.4 is 5.32 Å². The van der Waals surface area contributed by atoms with Crippen molar-refractivity contribution in [2.45, 2.75) is 38.6 Å². The first-order valence-corrected chi connectivity index (χ1v) is 5.44. The number of carboxylic acid groups (broad SMARTS) is 1. The Morgan fingerprint density at radius 1 is 1.67 bits per heavy atom. The summed E-state index contributed by atoms with van der Waals surface area (Å²) in [6.45, 7) is 3.21. The Kier molecular flexibility index (Phi) is 4.39. The number of unbranched alkanes of at least 4 members (excludes halogenated alkanes) is 1. The van der Waals surface area contributed by atoms with Gasteiger partial charge in [-0.2, -0.15) is 0 Å². The normalized spacial score (nSPS) is 18.5. The number of rotatable bonds is 5. The van der Waals surface area contributed by atoms with Crippen LogP contribution in [0.5, 0.6) is 0 Å². The van der Waals surface area contributed by atoms with Gasteiger partial charge in [-0.1, -0.05) is 19.8 Å². The molecule has 5 heteroatoms. The third-order valence-electron chi connectivity index (χ3n) is 2.61. The molecule has 1 aliphatic heterocycles. The summed E-state index contributed by atoms with van der Waals surface area (Å²) in [6.07, 6.45) is 3.14. The standard InChI is InChI=1S/C10H18N2O3/c1-2-3-5-8(9(13)14)12-7-4-6-11-10(12)15/h8H,2-7H2,1H3,(H,11,15)(H,13,14). The lowest BCUT2D eigenvalue weighted by Crippen LogP contribution is -2.53. The highest BCUT2D eigenvalue weighted by molar-refractivity contribution is 5.83. The third kappa shape index (κ3) is 3.11. The first kappa shape index (κ1) is 11.8. The summed E-state index contributed by atoms with van der Waals surface area (Å²) in [5, 5.41) is 11.7. The van der Waals surface area contributed by atoms with Gasteiger partial charge in [0.1, 0.15) is 6.04 Å². The molecule has 15 heavy (non-hydrogen) atoms. The highest BCUT2D eigenvalue weighted by atomic mass is 16.4. The van der Waals surface area contributed by atoms with Crippen molar-refractivity contribution < 1.29 is 14.7 Å². The quantitative estimate of drug-likeness (QED) is 0.718. The van der Waals surface area contributed by atoms with Gasteiger partial charge in [-0.3, -0.25) is 0 Å². The Balaban J connectivity index is 2.60. The Hall–Kier alpha value is -1.26. The van der Waals surface area contributed by atoms with E-state index < -0.39 is 12.0 Å². The van der Waals surface area contributed by atoms with Crippen LogP contribution in [0.4, 0.5) is 4.79 Å². The van der Waals surface area contributed by atoms with Crippen molar-refractivity contribution in [1.29, 1.82) is 0 Å². The smallest absolute Gasteiger partial charge is 0.326 e. The van der Waals surface area contributed by atoms with E-state index in [0.717, 1.165) is 19.3 Å². The molecule has 5 nitrogen and oxygen atoms in total. The molecule has 0 aliphatic carbocycles. The van der Waals surface area contributed by atoms with E-state index in [-0.39, 0.29) is 6.03 Å². The van der Waals surface area contributed by atoms with Crippen LogP contribution in [-0.2, 0) is 4.79 Å². The molecular formula is C10H18N2O3. The molecule has 0 saturated carbocycles. The van der Waals surface area contributed by atoms with Gasteiger partial charge in [0, 0.05) is 13.1 Å². The number of aliphatic carboxylic acids is 1. The molecule has 1 rings (SSSR count). The van der Waals surface area contributed by atoms with Crippen LogP contribution in [0.2, 0.25) is 0 Å². The second-order valence-corrected chi connectivity index (χ2v) is 3.78. The van der Waals surface area contributed by atoms with E-state index >= 15 is 0 Å². The zero-order valence-electron chi connectivity index (χ0n) is 9.03. The molecule has 1 aliphatic rings. The number of hydrogen-bond acceptors (Lipinski definition) is 2. The number of carbonyl (C=O) groups excluding carboxylic acids is 1. The van der Waals surface area contributed by atoms with Crippen molar-refractivity contribution >= 4 is 12.0 Å². The van der Waals surface area contributed by atoms with Gasteiger partial charge in [-0.15, -0.1) is 0 Å². The summed E-state index contributed by atoms with van der Waals surface area (Å²) < 4.78 is 0. The Labute approximate surface area is 89.4 Å². The summed E-state index contributed by atoms with van der Waals surface area (Å²) in [5.41, 5.74) is 0. The van der Waals surface area contributed by atoms with Crippen LogP contribution in [0.3, 0.4) is 0 Å². The number of urea groups is 1. The van der Waals surface area contributed by atoms with Gasteiger partial charge in [-0.05, 0) is 12.8 Å². The number of amides is 2. The second-order valence-electron chi connectivity index (χ2n) is 3.78. The number of carboxylic acids is 1. The molecule has 0 aromatic rings.